The zero-order chi connectivity index (χ0) is 30.4. The molecule has 0 saturated carbocycles. The van der Waals surface area contributed by atoms with E-state index in [-0.39, 0.29) is 18.7 Å². The van der Waals surface area contributed by atoms with Gasteiger partial charge in [-0.3, -0.25) is 14.3 Å². The number of likely N-dealkylation sites (tertiary alicyclic amines) is 1. The van der Waals surface area contributed by atoms with Crippen LogP contribution in [-0.4, -0.2) is 39.6 Å². The number of rotatable bonds is 10. The van der Waals surface area contributed by atoms with Crippen molar-refractivity contribution >= 4 is 13.7 Å². The largest absolute Gasteiger partial charge is 0.587 e. The number of carbonyl (C=O) groups is 1. The van der Waals surface area contributed by atoms with Gasteiger partial charge in [-0.15, -0.1) is 0 Å². The summed E-state index contributed by atoms with van der Waals surface area (Å²) in [5, 5.41) is 12.7. The lowest BCUT2D eigenvalue weighted by atomic mass is 9.79. The van der Waals surface area contributed by atoms with E-state index in [0.717, 1.165) is 0 Å². The summed E-state index contributed by atoms with van der Waals surface area (Å²) in [7, 11) is -4.30. The number of carbonyl (C=O) groups excluding carboxylic acids is 1. The van der Waals surface area contributed by atoms with Crippen molar-refractivity contribution in [2.75, 3.05) is 6.54 Å². The first-order valence-corrected chi connectivity index (χ1v) is 15.7. The maximum absolute atomic E-state index is 14.3. The molecule has 2 atom stereocenters. The van der Waals surface area contributed by atoms with E-state index in [2.05, 4.69) is 4.98 Å². The third kappa shape index (κ3) is 6.29. The zero-order valence-electron chi connectivity index (χ0n) is 23.8. The Morgan fingerprint density at radius 1 is 0.727 bits per heavy atom. The summed E-state index contributed by atoms with van der Waals surface area (Å²) in [4.78, 5) is 19.8. The van der Waals surface area contributed by atoms with Crippen LogP contribution in [0.2, 0.25) is 0 Å². The number of para-hydroxylation sites is 2. The van der Waals surface area contributed by atoms with E-state index in [1.807, 2.05) is 72.8 Å². The maximum Gasteiger partial charge on any atom is 0.587 e. The molecule has 1 amide bonds. The van der Waals surface area contributed by atoms with Gasteiger partial charge in [0.2, 0.25) is 0 Å². The van der Waals surface area contributed by atoms with Gasteiger partial charge < -0.3 is 19.1 Å². The van der Waals surface area contributed by atoms with Crippen LogP contribution in [0.25, 0.3) is 0 Å². The van der Waals surface area contributed by atoms with Gasteiger partial charge in [-0.05, 0) is 53.9 Å². The van der Waals surface area contributed by atoms with Crippen molar-refractivity contribution in [3.05, 3.63) is 163 Å². The van der Waals surface area contributed by atoms with Crippen molar-refractivity contribution in [1.29, 1.82) is 0 Å². The Kier molecular flexibility index (Phi) is 8.57. The van der Waals surface area contributed by atoms with Crippen LogP contribution in [0.5, 0.6) is 11.5 Å². The molecule has 8 nitrogen and oxygen atoms in total. The molecular formula is C35H31N2O6P. The number of nitrogens with zero attached hydrogens (tertiary/aromatic N) is 2. The number of hydrogen-bond acceptors (Lipinski definition) is 7. The lowest BCUT2D eigenvalue weighted by Crippen LogP contribution is -2.50. The summed E-state index contributed by atoms with van der Waals surface area (Å²) in [6, 6.07) is 39.9. The highest BCUT2D eigenvalue weighted by Crippen LogP contribution is 2.53. The standard InChI is InChI=1S/C35H31N2O6P/c38-34(32-23-13-14-24-36-32)37-26-31(25-33(37)35(39,27-15-5-1-6-16-27)28-17-7-2-8-18-28)43-44(40,41-29-19-9-3-10-20-29)42-30-21-11-4-12-22-30/h1-24,31,33,39H,25-26H2/t31-,33+/m1/s1. The maximum atomic E-state index is 14.3. The molecular weight excluding hydrogens is 575 g/mol. The first-order valence-electron chi connectivity index (χ1n) is 14.3. The van der Waals surface area contributed by atoms with Gasteiger partial charge in [-0.25, -0.2) is 4.57 Å². The van der Waals surface area contributed by atoms with E-state index < -0.39 is 31.5 Å². The quantitative estimate of drug-likeness (QED) is 0.173. The molecule has 2 heterocycles. The smallest absolute Gasteiger partial charge is 0.395 e. The van der Waals surface area contributed by atoms with Gasteiger partial charge in [0.05, 0.1) is 12.1 Å². The third-order valence-corrected chi connectivity index (χ3v) is 8.94. The molecule has 5 aromatic rings. The molecule has 1 aromatic heterocycles. The Bertz CT molecular complexity index is 1620. The second-order valence-corrected chi connectivity index (χ2v) is 11.9. The summed E-state index contributed by atoms with van der Waals surface area (Å²) < 4.78 is 32.3. The lowest BCUT2D eigenvalue weighted by Gasteiger charge is -2.39. The Morgan fingerprint density at radius 3 is 1.68 bits per heavy atom. The molecule has 4 aromatic carbocycles. The molecule has 1 fully saturated rings. The van der Waals surface area contributed by atoms with Crippen molar-refractivity contribution in [2.45, 2.75) is 24.2 Å². The fraction of sp³-hybridized carbons (Fsp3) is 0.143. The second-order valence-electron chi connectivity index (χ2n) is 10.4. The Labute approximate surface area is 256 Å². The predicted octanol–water partition coefficient (Wildman–Crippen LogP) is 6.88. The van der Waals surface area contributed by atoms with E-state index in [0.29, 0.717) is 22.6 Å². The monoisotopic (exact) mass is 606 g/mol. The highest BCUT2D eigenvalue weighted by molar-refractivity contribution is 7.49. The van der Waals surface area contributed by atoms with Crippen molar-refractivity contribution in [1.82, 2.24) is 9.88 Å². The molecule has 222 valence electrons. The van der Waals surface area contributed by atoms with E-state index in [4.69, 9.17) is 13.6 Å². The fourth-order valence-corrected chi connectivity index (χ4v) is 6.93. The molecule has 0 unspecified atom stereocenters. The molecule has 0 aliphatic carbocycles. The van der Waals surface area contributed by atoms with Crippen LogP contribution in [-0.2, 0) is 14.7 Å². The first kappa shape index (κ1) is 29.3. The average Bonchev–Trinajstić information content (AvgIpc) is 3.49. The molecule has 1 N–H and O–H groups in total. The first-order chi connectivity index (χ1) is 21.4. The van der Waals surface area contributed by atoms with Crippen LogP contribution < -0.4 is 9.05 Å². The number of aromatic nitrogens is 1. The number of phosphoric ester groups is 1. The molecule has 1 aliphatic heterocycles. The Balaban J connectivity index is 1.40. The summed E-state index contributed by atoms with van der Waals surface area (Å²) in [5.74, 6) is 0.204. The van der Waals surface area contributed by atoms with Crippen LogP contribution in [0, 0.1) is 0 Å². The average molecular weight is 607 g/mol. The molecule has 9 heteroatoms. The van der Waals surface area contributed by atoms with Gasteiger partial charge in [-0.2, -0.15) is 0 Å². The summed E-state index contributed by atoms with van der Waals surface area (Å²) in [5.41, 5.74) is -0.235. The zero-order valence-corrected chi connectivity index (χ0v) is 24.6. The van der Waals surface area contributed by atoms with Gasteiger partial charge >= 0.3 is 7.82 Å². The number of hydrogen-bond donors (Lipinski definition) is 1. The SMILES string of the molecule is O=C(c1ccccn1)N1C[C@H](OP(=O)(Oc2ccccc2)Oc2ccccc2)C[C@H]1C(O)(c1ccccc1)c1ccccc1. The Hall–Kier alpha value is -4.75. The van der Waals surface area contributed by atoms with Gasteiger partial charge in [0.1, 0.15) is 22.8 Å². The molecule has 6 rings (SSSR count). The molecule has 44 heavy (non-hydrogen) atoms. The van der Waals surface area contributed by atoms with Gasteiger partial charge in [-0.1, -0.05) is 103 Å². The number of benzene rings is 4. The summed E-state index contributed by atoms with van der Waals surface area (Å²) >= 11 is 0. The van der Waals surface area contributed by atoms with E-state index in [1.54, 1.807) is 77.8 Å². The number of pyridine rings is 1. The predicted molar refractivity (Wildman–Crippen MR) is 166 cm³/mol. The number of amides is 1. The van der Waals surface area contributed by atoms with Crippen LogP contribution >= 0.6 is 7.82 Å². The van der Waals surface area contributed by atoms with Crippen LogP contribution in [0.3, 0.4) is 0 Å². The lowest BCUT2D eigenvalue weighted by molar-refractivity contribution is -0.00128. The Morgan fingerprint density at radius 2 is 1.20 bits per heavy atom. The molecule has 0 radical (unpaired) electrons. The van der Waals surface area contributed by atoms with Crippen LogP contribution in [0.4, 0.5) is 0 Å². The fourth-order valence-electron chi connectivity index (χ4n) is 5.53. The van der Waals surface area contributed by atoms with Crippen LogP contribution in [0.15, 0.2) is 146 Å². The highest BCUT2D eigenvalue weighted by atomic mass is 31.2. The van der Waals surface area contributed by atoms with Crippen molar-refractivity contribution in [2.24, 2.45) is 0 Å². The van der Waals surface area contributed by atoms with Gasteiger partial charge in [0.15, 0.2) is 0 Å². The minimum Gasteiger partial charge on any atom is -0.395 e. The highest BCUT2D eigenvalue weighted by Gasteiger charge is 2.52. The molecule has 1 aliphatic rings. The van der Waals surface area contributed by atoms with E-state index >= 15 is 0 Å². The van der Waals surface area contributed by atoms with E-state index in [1.165, 1.54) is 0 Å². The van der Waals surface area contributed by atoms with Crippen molar-refractivity contribution in [3.63, 3.8) is 0 Å². The van der Waals surface area contributed by atoms with E-state index in [9.17, 15) is 14.5 Å². The summed E-state index contributed by atoms with van der Waals surface area (Å²) in [6.07, 6.45) is 0.839. The number of phosphoric acid groups is 1. The minimum absolute atomic E-state index is 0.00232. The van der Waals surface area contributed by atoms with Crippen LogP contribution in [0.1, 0.15) is 28.0 Å². The second kappa shape index (κ2) is 12.9. The molecule has 0 spiro atoms. The topological polar surface area (TPSA) is 98.2 Å². The van der Waals surface area contributed by atoms with Gasteiger partial charge in [0.25, 0.3) is 5.91 Å². The number of aliphatic hydroxyl groups is 1. The molecule has 0 bridgehead atoms. The molecule has 1 saturated heterocycles. The normalized spacial score (nSPS) is 16.8. The van der Waals surface area contributed by atoms with Crippen molar-refractivity contribution in [3.8, 4) is 11.5 Å². The minimum atomic E-state index is -4.30. The third-order valence-electron chi connectivity index (χ3n) is 7.52. The van der Waals surface area contributed by atoms with Crippen molar-refractivity contribution < 1.29 is 28.0 Å². The van der Waals surface area contributed by atoms with Gasteiger partial charge in [0, 0.05) is 12.7 Å². The summed E-state index contributed by atoms with van der Waals surface area (Å²) in [6.45, 7) is 0.00232.